The lowest BCUT2D eigenvalue weighted by molar-refractivity contribution is 0.146. The molecule has 32 heavy (non-hydrogen) atoms. The molecule has 0 spiro atoms. The molecule has 0 radical (unpaired) electrons. The highest BCUT2D eigenvalue weighted by atomic mass is 19.3. The van der Waals surface area contributed by atoms with Crippen molar-refractivity contribution in [1.29, 1.82) is 5.26 Å². The fourth-order valence-corrected chi connectivity index (χ4v) is 3.87. The number of halogens is 3. The van der Waals surface area contributed by atoms with Crippen LogP contribution in [0.3, 0.4) is 0 Å². The minimum Gasteiger partial charge on any atom is -0.363 e. The van der Waals surface area contributed by atoms with Crippen LogP contribution >= 0.6 is 0 Å². The average molecular weight is 435 g/mol. The molecule has 0 fully saturated rings. The maximum absolute atomic E-state index is 14.6. The molecule has 0 saturated carbocycles. The normalized spacial score (nSPS) is 13.9. The van der Waals surface area contributed by atoms with Crippen LogP contribution in [-0.4, -0.2) is 23.6 Å². The molecule has 2 aromatic carbocycles. The Bertz CT molecular complexity index is 1230. The molecule has 3 aromatic rings. The van der Waals surface area contributed by atoms with Crippen molar-refractivity contribution in [2.45, 2.75) is 19.4 Å². The van der Waals surface area contributed by atoms with Crippen LogP contribution in [0.2, 0.25) is 0 Å². The molecule has 0 bridgehead atoms. The van der Waals surface area contributed by atoms with E-state index in [1.807, 2.05) is 36.2 Å². The van der Waals surface area contributed by atoms with E-state index in [0.717, 1.165) is 17.2 Å². The Kier molecular flexibility index (Phi) is 5.82. The molecule has 1 N–H and O–H groups in total. The summed E-state index contributed by atoms with van der Waals surface area (Å²) in [4.78, 5) is 10.6. The van der Waals surface area contributed by atoms with Gasteiger partial charge in [0, 0.05) is 19.2 Å². The summed E-state index contributed by atoms with van der Waals surface area (Å²) in [5.41, 5.74) is 2.45. The molecule has 1 aliphatic heterocycles. The van der Waals surface area contributed by atoms with E-state index in [9.17, 15) is 18.4 Å². The predicted octanol–water partition coefficient (Wildman–Crippen LogP) is 5.59. The largest absolute Gasteiger partial charge is 0.363 e. The number of benzene rings is 2. The maximum atomic E-state index is 14.6. The van der Waals surface area contributed by atoms with Crippen molar-refractivity contribution in [3.8, 4) is 6.07 Å². The van der Waals surface area contributed by atoms with Crippen LogP contribution in [0.15, 0.2) is 48.8 Å². The van der Waals surface area contributed by atoms with E-state index in [4.69, 9.17) is 0 Å². The summed E-state index contributed by atoms with van der Waals surface area (Å²) in [5, 5.41) is 12.6. The molecule has 162 valence electrons. The van der Waals surface area contributed by atoms with Gasteiger partial charge in [0.1, 0.15) is 23.8 Å². The molecule has 2 heterocycles. The molecule has 1 aliphatic rings. The Morgan fingerprint density at radius 1 is 1.09 bits per heavy atom. The third-order valence-electron chi connectivity index (χ3n) is 5.46. The minimum atomic E-state index is -2.90. The second-order valence-electron chi connectivity index (χ2n) is 7.56. The second-order valence-corrected chi connectivity index (χ2v) is 7.56. The lowest BCUT2D eigenvalue weighted by Crippen LogP contribution is -2.26. The average Bonchev–Trinajstić information content (AvgIpc) is 2.79. The Hall–Kier alpha value is -3.86. The van der Waals surface area contributed by atoms with Crippen LogP contribution < -0.4 is 10.2 Å². The quantitative estimate of drug-likeness (QED) is 0.566. The Morgan fingerprint density at radius 3 is 2.59 bits per heavy atom. The van der Waals surface area contributed by atoms with Gasteiger partial charge in [-0.05, 0) is 30.2 Å². The minimum absolute atomic E-state index is 0.123. The number of rotatable bonds is 5. The third-order valence-corrected chi connectivity index (χ3v) is 5.46. The SMILES string of the molecule is C[C@@H](Nc1ncnc2c1C=C(c1ccccc1C#N)CN2C)c1cccc(C(F)F)c1F. The van der Waals surface area contributed by atoms with E-state index in [1.165, 1.54) is 18.5 Å². The summed E-state index contributed by atoms with van der Waals surface area (Å²) < 4.78 is 40.9. The van der Waals surface area contributed by atoms with Crippen molar-refractivity contribution < 1.29 is 13.2 Å². The van der Waals surface area contributed by atoms with Crippen molar-refractivity contribution in [2.75, 3.05) is 23.8 Å². The Labute approximate surface area is 183 Å². The summed E-state index contributed by atoms with van der Waals surface area (Å²) in [6.45, 7) is 2.23. The van der Waals surface area contributed by atoms with Gasteiger partial charge in [-0.2, -0.15) is 5.26 Å². The first-order valence-electron chi connectivity index (χ1n) is 10.00. The van der Waals surface area contributed by atoms with Gasteiger partial charge in [-0.1, -0.05) is 36.4 Å². The van der Waals surface area contributed by atoms with Gasteiger partial charge in [0.25, 0.3) is 6.43 Å². The van der Waals surface area contributed by atoms with Crippen molar-refractivity contribution in [2.24, 2.45) is 0 Å². The highest BCUT2D eigenvalue weighted by Gasteiger charge is 2.24. The monoisotopic (exact) mass is 435 g/mol. The van der Waals surface area contributed by atoms with E-state index >= 15 is 0 Å². The van der Waals surface area contributed by atoms with Crippen LogP contribution in [0, 0.1) is 17.1 Å². The zero-order valence-corrected chi connectivity index (χ0v) is 17.5. The summed E-state index contributed by atoms with van der Waals surface area (Å²) in [6.07, 6.45) is 0.415. The van der Waals surface area contributed by atoms with Crippen LogP contribution in [0.4, 0.5) is 24.8 Å². The Balaban J connectivity index is 1.74. The van der Waals surface area contributed by atoms with E-state index in [1.54, 1.807) is 13.0 Å². The van der Waals surface area contributed by atoms with Crippen LogP contribution in [0.5, 0.6) is 0 Å². The van der Waals surface area contributed by atoms with Gasteiger partial charge in [-0.15, -0.1) is 0 Å². The van der Waals surface area contributed by atoms with Gasteiger partial charge in [-0.3, -0.25) is 0 Å². The van der Waals surface area contributed by atoms with Gasteiger partial charge in [0.05, 0.1) is 28.8 Å². The van der Waals surface area contributed by atoms with Gasteiger partial charge in [-0.25, -0.2) is 23.1 Å². The first-order valence-corrected chi connectivity index (χ1v) is 10.00. The zero-order chi connectivity index (χ0) is 22.8. The van der Waals surface area contributed by atoms with Crippen LogP contribution in [0.1, 0.15) is 47.2 Å². The standard InChI is InChI=1S/C24H20F3N5/c1-14(17-8-5-9-19(21(17)25)22(26)27)31-23-20-10-16(12-32(2)24(20)30-13-29-23)18-7-4-3-6-15(18)11-28/h3-10,13-14,22H,12H2,1-2H3,(H,29,30,31)/t14-/m1/s1. The molecular weight excluding hydrogens is 415 g/mol. The van der Waals surface area contributed by atoms with Crippen LogP contribution in [0.25, 0.3) is 11.6 Å². The molecule has 0 amide bonds. The molecular formula is C24H20F3N5. The number of aromatic nitrogens is 2. The molecule has 8 heteroatoms. The van der Waals surface area contributed by atoms with Crippen molar-refractivity contribution in [1.82, 2.24) is 9.97 Å². The number of nitrogens with zero attached hydrogens (tertiary/aromatic N) is 4. The molecule has 0 unspecified atom stereocenters. The number of nitrogens with one attached hydrogen (secondary N) is 1. The van der Waals surface area contributed by atoms with Gasteiger partial charge >= 0.3 is 0 Å². The van der Waals surface area contributed by atoms with E-state index in [2.05, 4.69) is 21.4 Å². The van der Waals surface area contributed by atoms with E-state index < -0.39 is 23.8 Å². The van der Waals surface area contributed by atoms with E-state index in [0.29, 0.717) is 29.3 Å². The molecule has 1 aromatic heterocycles. The highest BCUT2D eigenvalue weighted by Crippen LogP contribution is 2.36. The molecule has 0 saturated heterocycles. The third kappa shape index (κ3) is 3.89. The maximum Gasteiger partial charge on any atom is 0.266 e. The topological polar surface area (TPSA) is 64.8 Å². The number of anilines is 2. The number of nitriles is 1. The Morgan fingerprint density at radius 2 is 1.84 bits per heavy atom. The van der Waals surface area contributed by atoms with Crippen molar-refractivity contribution >= 4 is 23.3 Å². The molecule has 0 aliphatic carbocycles. The van der Waals surface area contributed by atoms with Crippen LogP contribution in [-0.2, 0) is 0 Å². The van der Waals surface area contributed by atoms with Crippen molar-refractivity contribution in [3.05, 3.63) is 82.4 Å². The molecule has 1 atom stereocenters. The first-order chi connectivity index (χ1) is 15.4. The summed E-state index contributed by atoms with van der Waals surface area (Å²) in [7, 11) is 1.88. The van der Waals surface area contributed by atoms with Gasteiger partial charge < -0.3 is 10.2 Å². The fourth-order valence-electron chi connectivity index (χ4n) is 3.87. The fraction of sp³-hybridized carbons (Fsp3) is 0.208. The number of hydrogen-bond donors (Lipinski definition) is 1. The van der Waals surface area contributed by atoms with E-state index in [-0.39, 0.29) is 5.56 Å². The van der Waals surface area contributed by atoms with Crippen molar-refractivity contribution in [3.63, 3.8) is 0 Å². The molecule has 5 nitrogen and oxygen atoms in total. The number of fused-ring (bicyclic) bond motifs is 1. The highest BCUT2D eigenvalue weighted by molar-refractivity contribution is 5.94. The summed E-state index contributed by atoms with van der Waals surface area (Å²) in [6, 6.07) is 12.9. The predicted molar refractivity (Wildman–Crippen MR) is 118 cm³/mol. The number of alkyl halides is 2. The lowest BCUT2D eigenvalue weighted by atomic mass is 9.95. The first kappa shape index (κ1) is 21.4. The zero-order valence-electron chi connectivity index (χ0n) is 17.5. The number of likely N-dealkylation sites (N-methyl/N-ethyl adjacent to an activating group) is 1. The summed E-state index contributed by atoms with van der Waals surface area (Å²) in [5.74, 6) is 0.194. The van der Waals surface area contributed by atoms with Gasteiger partial charge in [0.2, 0.25) is 0 Å². The number of hydrogen-bond acceptors (Lipinski definition) is 5. The summed E-state index contributed by atoms with van der Waals surface area (Å²) >= 11 is 0. The molecule has 4 rings (SSSR count). The van der Waals surface area contributed by atoms with Gasteiger partial charge in [0.15, 0.2) is 0 Å². The smallest absolute Gasteiger partial charge is 0.266 e. The lowest BCUT2D eigenvalue weighted by Gasteiger charge is -2.28. The second kappa shape index (κ2) is 8.71.